The van der Waals surface area contributed by atoms with Crippen molar-refractivity contribution < 1.29 is 9.84 Å². The standard InChI is InChI=1S/C16H19NO2/c1-8-2-4-9(5-3-8)17-7-12-10-6-11-13(12)16(17)19-15(11)14(10)18/h2-5,10-16,18H,6-7H2,1H3/t10-,11-,12-,13-,14-,15+,16-/m1/s1. The quantitative estimate of drug-likeness (QED) is 0.832. The Hall–Kier alpha value is -1.06. The molecule has 4 fully saturated rings. The zero-order valence-electron chi connectivity index (χ0n) is 11.1. The summed E-state index contributed by atoms with van der Waals surface area (Å²) in [4.78, 5) is 2.43. The fraction of sp³-hybridized carbons (Fsp3) is 0.625. The minimum atomic E-state index is -0.198. The predicted octanol–water partition coefficient (Wildman–Crippen LogP) is 1.78. The van der Waals surface area contributed by atoms with E-state index < -0.39 is 0 Å². The lowest BCUT2D eigenvalue weighted by molar-refractivity contribution is -0.0444. The number of aryl methyl sites for hydroxylation is 1. The van der Waals surface area contributed by atoms with Gasteiger partial charge in [-0.3, -0.25) is 0 Å². The van der Waals surface area contributed by atoms with Crippen LogP contribution in [0, 0.1) is 30.6 Å². The highest BCUT2D eigenvalue weighted by Gasteiger charge is 2.69. The van der Waals surface area contributed by atoms with E-state index in [1.54, 1.807) is 0 Å². The summed E-state index contributed by atoms with van der Waals surface area (Å²) in [5.74, 6) is 2.41. The molecule has 5 rings (SSSR count). The van der Waals surface area contributed by atoms with Gasteiger partial charge >= 0.3 is 0 Å². The van der Waals surface area contributed by atoms with Gasteiger partial charge in [-0.1, -0.05) is 17.7 Å². The van der Waals surface area contributed by atoms with Crippen molar-refractivity contribution in [2.45, 2.75) is 31.8 Å². The fourth-order valence-corrected chi connectivity index (χ4v) is 5.21. The van der Waals surface area contributed by atoms with Crippen molar-refractivity contribution in [3.05, 3.63) is 29.8 Å². The number of anilines is 1. The molecule has 0 spiro atoms. The number of nitrogens with zero attached hydrogens (tertiary/aromatic N) is 1. The number of aliphatic hydroxyl groups excluding tert-OH is 1. The van der Waals surface area contributed by atoms with E-state index in [-0.39, 0.29) is 18.4 Å². The van der Waals surface area contributed by atoms with Gasteiger partial charge in [0.2, 0.25) is 0 Å². The van der Waals surface area contributed by atoms with Crippen LogP contribution in [0.1, 0.15) is 12.0 Å². The molecule has 2 aliphatic heterocycles. The first kappa shape index (κ1) is 10.7. The maximum atomic E-state index is 10.3. The molecule has 19 heavy (non-hydrogen) atoms. The lowest BCUT2D eigenvalue weighted by Gasteiger charge is -2.31. The first-order chi connectivity index (χ1) is 9.24. The minimum absolute atomic E-state index is 0.115. The summed E-state index contributed by atoms with van der Waals surface area (Å²) in [6.07, 6.45) is 1.32. The molecule has 2 saturated heterocycles. The molecule has 1 aromatic rings. The molecular formula is C16H19NO2. The molecule has 100 valence electrons. The van der Waals surface area contributed by atoms with Gasteiger partial charge in [-0.25, -0.2) is 0 Å². The third-order valence-corrected chi connectivity index (χ3v) is 5.99. The number of hydrogen-bond acceptors (Lipinski definition) is 3. The Balaban J connectivity index is 1.52. The van der Waals surface area contributed by atoms with Crippen LogP contribution in [-0.2, 0) is 4.74 Å². The van der Waals surface area contributed by atoms with Crippen LogP contribution in [-0.4, -0.2) is 30.1 Å². The van der Waals surface area contributed by atoms with Crippen LogP contribution in [0.4, 0.5) is 5.69 Å². The van der Waals surface area contributed by atoms with Crippen molar-refractivity contribution in [3.8, 4) is 0 Å². The Bertz CT molecular complexity index is 528. The molecule has 0 amide bonds. The monoisotopic (exact) mass is 257 g/mol. The van der Waals surface area contributed by atoms with E-state index in [0.717, 1.165) is 6.54 Å². The van der Waals surface area contributed by atoms with Gasteiger partial charge in [0.1, 0.15) is 6.23 Å². The predicted molar refractivity (Wildman–Crippen MR) is 71.8 cm³/mol. The lowest BCUT2D eigenvalue weighted by atomic mass is 9.80. The zero-order chi connectivity index (χ0) is 12.7. The van der Waals surface area contributed by atoms with E-state index in [2.05, 4.69) is 36.1 Å². The number of fused-ring (bicyclic) bond motifs is 2. The Morgan fingerprint density at radius 2 is 1.95 bits per heavy atom. The van der Waals surface area contributed by atoms with Gasteiger partial charge in [-0.2, -0.15) is 0 Å². The van der Waals surface area contributed by atoms with Crippen LogP contribution in [0.3, 0.4) is 0 Å². The second-order valence-corrected chi connectivity index (χ2v) is 6.77. The van der Waals surface area contributed by atoms with Crippen LogP contribution in [0.5, 0.6) is 0 Å². The molecule has 4 aliphatic rings. The van der Waals surface area contributed by atoms with Crippen LogP contribution in [0.25, 0.3) is 0 Å². The van der Waals surface area contributed by atoms with Crippen LogP contribution >= 0.6 is 0 Å². The molecule has 3 nitrogen and oxygen atoms in total. The number of rotatable bonds is 1. The van der Waals surface area contributed by atoms with Gasteiger partial charge in [0.15, 0.2) is 0 Å². The third-order valence-electron chi connectivity index (χ3n) is 5.99. The molecule has 2 heterocycles. The molecule has 2 aliphatic carbocycles. The SMILES string of the molecule is Cc1ccc(N2C[C@@H]3[C@H]4C[C@H]5[C@H](O[C@@H]2[C@@H]35)[C@@H]4O)cc1. The molecule has 7 atom stereocenters. The van der Waals surface area contributed by atoms with Gasteiger partial charge in [-0.15, -0.1) is 0 Å². The Labute approximate surface area is 113 Å². The van der Waals surface area contributed by atoms with Crippen molar-refractivity contribution in [2.24, 2.45) is 23.7 Å². The molecule has 0 radical (unpaired) electrons. The highest BCUT2D eigenvalue weighted by Crippen LogP contribution is 2.63. The van der Waals surface area contributed by atoms with E-state index in [9.17, 15) is 5.11 Å². The first-order valence-electron chi connectivity index (χ1n) is 7.41. The van der Waals surface area contributed by atoms with Crippen LogP contribution in [0.2, 0.25) is 0 Å². The summed E-state index contributed by atoms with van der Waals surface area (Å²) in [6.45, 7) is 3.18. The summed E-state index contributed by atoms with van der Waals surface area (Å²) in [6, 6.07) is 8.75. The number of ether oxygens (including phenoxy) is 1. The second kappa shape index (κ2) is 3.33. The fourth-order valence-electron chi connectivity index (χ4n) is 5.21. The van der Waals surface area contributed by atoms with E-state index in [1.807, 2.05) is 0 Å². The first-order valence-corrected chi connectivity index (χ1v) is 7.41. The normalized spacial score (nSPS) is 49.4. The summed E-state index contributed by atoms with van der Waals surface area (Å²) in [5.41, 5.74) is 2.58. The minimum Gasteiger partial charge on any atom is -0.390 e. The van der Waals surface area contributed by atoms with Gasteiger partial charge < -0.3 is 14.7 Å². The topological polar surface area (TPSA) is 32.7 Å². The molecule has 1 aromatic carbocycles. The van der Waals surface area contributed by atoms with Gasteiger partial charge in [0.05, 0.1) is 12.2 Å². The highest BCUT2D eigenvalue weighted by molar-refractivity contribution is 5.50. The Kier molecular flexibility index (Phi) is 1.88. The second-order valence-electron chi connectivity index (χ2n) is 6.77. The number of aliphatic hydroxyl groups is 1. The van der Waals surface area contributed by atoms with Gasteiger partial charge in [-0.05, 0) is 43.2 Å². The lowest BCUT2D eigenvalue weighted by Crippen LogP contribution is -2.40. The van der Waals surface area contributed by atoms with E-state index >= 15 is 0 Å². The Morgan fingerprint density at radius 1 is 1.16 bits per heavy atom. The summed E-state index contributed by atoms with van der Waals surface area (Å²) in [7, 11) is 0. The molecule has 2 saturated carbocycles. The molecule has 2 bridgehead atoms. The third kappa shape index (κ3) is 1.17. The van der Waals surface area contributed by atoms with Crippen molar-refractivity contribution in [3.63, 3.8) is 0 Å². The van der Waals surface area contributed by atoms with E-state index in [0.29, 0.717) is 23.7 Å². The maximum absolute atomic E-state index is 10.3. The average molecular weight is 257 g/mol. The van der Waals surface area contributed by atoms with Crippen molar-refractivity contribution in [1.29, 1.82) is 0 Å². The summed E-state index contributed by atoms with van der Waals surface area (Å²) < 4.78 is 6.22. The van der Waals surface area contributed by atoms with Crippen LogP contribution < -0.4 is 4.90 Å². The maximum Gasteiger partial charge on any atom is 0.134 e. The number of benzene rings is 1. The summed E-state index contributed by atoms with van der Waals surface area (Å²) in [5, 5.41) is 10.3. The van der Waals surface area contributed by atoms with Gasteiger partial charge in [0, 0.05) is 18.2 Å². The number of hydrogen-bond donors (Lipinski definition) is 1. The molecule has 3 heteroatoms. The highest BCUT2D eigenvalue weighted by atomic mass is 16.5. The molecule has 0 aromatic heterocycles. The molecule has 1 N–H and O–H groups in total. The van der Waals surface area contributed by atoms with E-state index in [1.165, 1.54) is 17.7 Å². The van der Waals surface area contributed by atoms with E-state index in [4.69, 9.17) is 4.74 Å². The average Bonchev–Trinajstić information content (AvgIpc) is 3.07. The molecular weight excluding hydrogens is 238 g/mol. The van der Waals surface area contributed by atoms with Gasteiger partial charge in [0.25, 0.3) is 0 Å². The summed E-state index contributed by atoms with van der Waals surface area (Å²) >= 11 is 0. The van der Waals surface area contributed by atoms with Crippen LogP contribution in [0.15, 0.2) is 24.3 Å². The van der Waals surface area contributed by atoms with Crippen molar-refractivity contribution in [1.82, 2.24) is 0 Å². The largest absolute Gasteiger partial charge is 0.390 e. The van der Waals surface area contributed by atoms with Crippen molar-refractivity contribution in [2.75, 3.05) is 11.4 Å². The smallest absolute Gasteiger partial charge is 0.134 e. The van der Waals surface area contributed by atoms with Crippen molar-refractivity contribution >= 4 is 5.69 Å². The Morgan fingerprint density at radius 3 is 2.74 bits per heavy atom. The zero-order valence-corrected chi connectivity index (χ0v) is 11.1. The molecule has 0 unspecified atom stereocenters.